The summed E-state index contributed by atoms with van der Waals surface area (Å²) in [6.45, 7) is 8.66. The van der Waals surface area contributed by atoms with Gasteiger partial charge in [-0.25, -0.2) is 0 Å². The molecule has 0 amide bonds. The molecule has 0 spiro atoms. The van der Waals surface area contributed by atoms with Crippen molar-refractivity contribution < 1.29 is 4.74 Å². The summed E-state index contributed by atoms with van der Waals surface area (Å²) in [4.78, 5) is 0. The third-order valence-electron chi connectivity index (χ3n) is 4.04. The molecule has 0 aliphatic rings. The predicted octanol–water partition coefficient (Wildman–Crippen LogP) is 5.00. The molecule has 0 aliphatic carbocycles. The fourth-order valence-corrected chi connectivity index (χ4v) is 3.03. The third-order valence-corrected chi connectivity index (χ3v) is 4.26. The van der Waals surface area contributed by atoms with Gasteiger partial charge in [0.1, 0.15) is 5.75 Å². The zero-order chi connectivity index (χ0) is 17.7. The first-order valence-corrected chi connectivity index (χ1v) is 8.60. The largest absolute Gasteiger partial charge is 0.497 e. The number of rotatable bonds is 5. The van der Waals surface area contributed by atoms with Gasteiger partial charge in [0.25, 0.3) is 0 Å². The van der Waals surface area contributed by atoms with Crippen molar-refractivity contribution in [2.24, 2.45) is 5.92 Å². The summed E-state index contributed by atoms with van der Waals surface area (Å²) in [5.41, 5.74) is 4.75. The lowest BCUT2D eigenvalue weighted by Crippen LogP contribution is -2.35. The van der Waals surface area contributed by atoms with Gasteiger partial charge in [-0.3, -0.25) is 0 Å². The highest BCUT2D eigenvalue weighted by molar-refractivity contribution is 7.80. The Labute approximate surface area is 150 Å². The van der Waals surface area contributed by atoms with Gasteiger partial charge in [0.05, 0.1) is 13.2 Å². The fourth-order valence-electron chi connectivity index (χ4n) is 2.79. The van der Waals surface area contributed by atoms with E-state index in [0.29, 0.717) is 11.0 Å². The molecule has 24 heavy (non-hydrogen) atoms. The van der Waals surface area contributed by atoms with Crippen LogP contribution in [0.2, 0.25) is 0 Å². The topological polar surface area (TPSA) is 33.3 Å². The van der Waals surface area contributed by atoms with E-state index < -0.39 is 0 Å². The molecule has 0 aromatic heterocycles. The molecule has 2 aromatic rings. The molecular formula is C20H26N2OS. The van der Waals surface area contributed by atoms with Gasteiger partial charge in [-0.15, -0.1) is 0 Å². The van der Waals surface area contributed by atoms with Crippen LogP contribution in [-0.2, 0) is 0 Å². The van der Waals surface area contributed by atoms with Crippen LogP contribution in [0.1, 0.15) is 36.6 Å². The second kappa shape index (κ2) is 8.15. The molecule has 2 aromatic carbocycles. The number of methoxy groups -OCH3 is 1. The maximum atomic E-state index is 5.52. The minimum absolute atomic E-state index is 0.163. The Morgan fingerprint density at radius 1 is 1.08 bits per heavy atom. The Morgan fingerprint density at radius 3 is 2.46 bits per heavy atom. The van der Waals surface area contributed by atoms with Crippen molar-refractivity contribution in [2.75, 3.05) is 12.4 Å². The van der Waals surface area contributed by atoms with Crippen LogP contribution in [-0.4, -0.2) is 12.2 Å². The molecule has 1 atom stereocenters. The smallest absolute Gasteiger partial charge is 0.171 e. The van der Waals surface area contributed by atoms with Gasteiger partial charge in [0.15, 0.2) is 5.11 Å². The van der Waals surface area contributed by atoms with Gasteiger partial charge < -0.3 is 15.4 Å². The number of benzene rings is 2. The first-order valence-electron chi connectivity index (χ1n) is 8.19. The summed E-state index contributed by atoms with van der Waals surface area (Å²) >= 11 is 5.52. The molecule has 2 N–H and O–H groups in total. The highest BCUT2D eigenvalue weighted by atomic mass is 32.1. The number of ether oxygens (including phenoxy) is 1. The number of anilines is 1. The van der Waals surface area contributed by atoms with E-state index in [1.807, 2.05) is 24.3 Å². The number of hydrogen-bond acceptors (Lipinski definition) is 2. The molecular weight excluding hydrogens is 316 g/mol. The Balaban J connectivity index is 2.13. The Morgan fingerprint density at radius 2 is 1.83 bits per heavy atom. The van der Waals surface area contributed by atoms with Gasteiger partial charge in [-0.1, -0.05) is 43.7 Å². The van der Waals surface area contributed by atoms with E-state index in [9.17, 15) is 0 Å². The highest BCUT2D eigenvalue weighted by Gasteiger charge is 2.18. The van der Waals surface area contributed by atoms with Crippen molar-refractivity contribution in [3.05, 3.63) is 59.2 Å². The zero-order valence-corrected chi connectivity index (χ0v) is 15.8. The lowest BCUT2D eigenvalue weighted by molar-refractivity contribution is 0.415. The van der Waals surface area contributed by atoms with Crippen molar-refractivity contribution >= 4 is 23.0 Å². The maximum Gasteiger partial charge on any atom is 0.171 e. The zero-order valence-electron chi connectivity index (χ0n) is 15.0. The Bertz CT molecular complexity index is 713. The van der Waals surface area contributed by atoms with E-state index in [1.54, 1.807) is 7.11 Å². The van der Waals surface area contributed by atoms with Crippen molar-refractivity contribution in [1.29, 1.82) is 0 Å². The lowest BCUT2D eigenvalue weighted by atomic mass is 9.92. The summed E-state index contributed by atoms with van der Waals surface area (Å²) in [5.74, 6) is 1.22. The lowest BCUT2D eigenvalue weighted by Gasteiger charge is -2.26. The molecule has 0 saturated heterocycles. The van der Waals surface area contributed by atoms with Gasteiger partial charge in [-0.05, 0) is 55.2 Å². The van der Waals surface area contributed by atoms with Gasteiger partial charge in [-0.2, -0.15) is 0 Å². The summed E-state index contributed by atoms with van der Waals surface area (Å²) in [7, 11) is 1.66. The maximum absolute atomic E-state index is 5.52. The predicted molar refractivity (Wildman–Crippen MR) is 106 cm³/mol. The SMILES string of the molecule is COc1cccc(NC(=S)NC(c2ccc(C)cc2C)C(C)C)c1. The van der Waals surface area contributed by atoms with E-state index >= 15 is 0 Å². The third kappa shape index (κ3) is 4.71. The molecule has 0 heterocycles. The second-order valence-electron chi connectivity index (χ2n) is 6.41. The molecule has 1 unspecified atom stereocenters. The van der Waals surface area contributed by atoms with E-state index in [2.05, 4.69) is 56.5 Å². The van der Waals surface area contributed by atoms with E-state index in [1.165, 1.54) is 16.7 Å². The monoisotopic (exact) mass is 342 g/mol. The molecule has 3 nitrogen and oxygen atoms in total. The van der Waals surface area contributed by atoms with Crippen molar-refractivity contribution in [1.82, 2.24) is 5.32 Å². The minimum atomic E-state index is 0.163. The summed E-state index contributed by atoms with van der Waals surface area (Å²) in [6.07, 6.45) is 0. The Hall–Kier alpha value is -2.07. The molecule has 0 radical (unpaired) electrons. The summed E-state index contributed by atoms with van der Waals surface area (Å²) in [6, 6.07) is 14.5. The average molecular weight is 343 g/mol. The first kappa shape index (κ1) is 18.3. The van der Waals surface area contributed by atoms with Crippen LogP contribution in [0.3, 0.4) is 0 Å². The second-order valence-corrected chi connectivity index (χ2v) is 6.82. The summed E-state index contributed by atoms with van der Waals surface area (Å²) in [5, 5.41) is 7.31. The molecule has 0 aliphatic heterocycles. The van der Waals surface area contributed by atoms with Crippen molar-refractivity contribution in [2.45, 2.75) is 33.7 Å². The first-order chi connectivity index (χ1) is 11.4. The quantitative estimate of drug-likeness (QED) is 0.750. The number of nitrogens with one attached hydrogen (secondary N) is 2. The average Bonchev–Trinajstić information content (AvgIpc) is 2.53. The van der Waals surface area contributed by atoms with Crippen LogP contribution in [0.5, 0.6) is 5.75 Å². The molecule has 4 heteroatoms. The van der Waals surface area contributed by atoms with Crippen LogP contribution in [0.15, 0.2) is 42.5 Å². The standard InChI is InChI=1S/C20H26N2OS/c1-13(2)19(18-10-9-14(3)11-15(18)4)22-20(24)21-16-7-6-8-17(12-16)23-5/h6-13,19H,1-5H3,(H2,21,22,24). The highest BCUT2D eigenvalue weighted by Crippen LogP contribution is 2.26. The van der Waals surface area contributed by atoms with Gasteiger partial charge in [0, 0.05) is 11.8 Å². The molecule has 0 bridgehead atoms. The van der Waals surface area contributed by atoms with Gasteiger partial charge >= 0.3 is 0 Å². The van der Waals surface area contributed by atoms with Crippen LogP contribution in [0.25, 0.3) is 0 Å². The van der Waals surface area contributed by atoms with E-state index in [4.69, 9.17) is 17.0 Å². The molecule has 0 fully saturated rings. The fraction of sp³-hybridized carbons (Fsp3) is 0.350. The van der Waals surface area contributed by atoms with Crippen LogP contribution in [0.4, 0.5) is 5.69 Å². The van der Waals surface area contributed by atoms with Crippen LogP contribution >= 0.6 is 12.2 Å². The van der Waals surface area contributed by atoms with Crippen molar-refractivity contribution in [3.63, 3.8) is 0 Å². The molecule has 128 valence electrons. The molecule has 2 rings (SSSR count). The Kier molecular flexibility index (Phi) is 6.21. The summed E-state index contributed by atoms with van der Waals surface area (Å²) < 4.78 is 5.25. The number of hydrogen-bond donors (Lipinski definition) is 2. The van der Waals surface area contributed by atoms with E-state index in [-0.39, 0.29) is 6.04 Å². The number of aryl methyl sites for hydroxylation is 2. The van der Waals surface area contributed by atoms with Crippen LogP contribution < -0.4 is 15.4 Å². The normalized spacial score (nSPS) is 11.9. The van der Waals surface area contributed by atoms with E-state index in [0.717, 1.165) is 11.4 Å². The van der Waals surface area contributed by atoms with Crippen molar-refractivity contribution in [3.8, 4) is 5.75 Å². The van der Waals surface area contributed by atoms with Crippen LogP contribution in [0, 0.1) is 19.8 Å². The molecule has 0 saturated carbocycles. The number of thiocarbonyl (C=S) groups is 1. The van der Waals surface area contributed by atoms with Gasteiger partial charge in [0.2, 0.25) is 0 Å². The minimum Gasteiger partial charge on any atom is -0.497 e.